The number of sulfone groups is 1. The number of ether oxygens (including phenoxy) is 2. The molecule has 12 nitrogen and oxygen atoms in total. The number of rotatable bonds is 8. The monoisotopic (exact) mass is 631 g/mol. The molecule has 2 aliphatic rings. The Morgan fingerprint density at radius 2 is 1.70 bits per heavy atom. The SMILES string of the molecule is CC1(COC(=O)Nc2nncs2)[C@H](C(=O)OC(c2ccccc2)c2ccccc2)N2C(=O)/C(=C/c3ccccn3)C2S1(=O)=O. The molecule has 0 bridgehead atoms. The molecule has 2 saturated heterocycles. The van der Waals surface area contributed by atoms with E-state index in [1.54, 1.807) is 66.7 Å². The lowest BCUT2D eigenvalue weighted by atomic mass is 9.94. The highest BCUT2D eigenvalue weighted by Crippen LogP contribution is 2.50. The smallest absolute Gasteiger partial charge is 0.413 e. The quantitative estimate of drug-likeness (QED) is 0.173. The van der Waals surface area contributed by atoms with Gasteiger partial charge in [-0.3, -0.25) is 15.1 Å². The number of hydrogen-bond acceptors (Lipinski definition) is 11. The van der Waals surface area contributed by atoms with E-state index < -0.39 is 56.7 Å². The molecule has 6 rings (SSSR count). The van der Waals surface area contributed by atoms with Crippen molar-refractivity contribution in [3.05, 3.63) is 113 Å². The van der Waals surface area contributed by atoms with Gasteiger partial charge in [0.15, 0.2) is 27.4 Å². The number of amides is 2. The van der Waals surface area contributed by atoms with Crippen LogP contribution in [-0.4, -0.2) is 69.2 Å². The van der Waals surface area contributed by atoms with Gasteiger partial charge >= 0.3 is 12.1 Å². The van der Waals surface area contributed by atoms with Crippen molar-refractivity contribution in [1.29, 1.82) is 0 Å². The predicted octanol–water partition coefficient (Wildman–Crippen LogP) is 3.62. The topological polar surface area (TPSA) is 158 Å². The van der Waals surface area contributed by atoms with Gasteiger partial charge in [-0.25, -0.2) is 18.0 Å². The molecule has 2 amide bonds. The summed E-state index contributed by atoms with van der Waals surface area (Å²) in [5.41, 5.74) is 3.01. The number of benzene rings is 2. The molecule has 2 unspecified atom stereocenters. The van der Waals surface area contributed by atoms with Crippen LogP contribution in [0.3, 0.4) is 0 Å². The molecule has 3 atom stereocenters. The van der Waals surface area contributed by atoms with E-state index in [1.165, 1.54) is 24.7 Å². The fourth-order valence-corrected chi connectivity index (χ4v) is 8.03. The van der Waals surface area contributed by atoms with Gasteiger partial charge < -0.3 is 14.4 Å². The van der Waals surface area contributed by atoms with Gasteiger partial charge in [-0.1, -0.05) is 78.1 Å². The van der Waals surface area contributed by atoms with Gasteiger partial charge in [-0.15, -0.1) is 10.2 Å². The number of β-lactam (4-membered cyclic amide) rings is 1. The summed E-state index contributed by atoms with van der Waals surface area (Å²) in [5.74, 6) is -1.63. The number of nitrogens with one attached hydrogen (secondary N) is 1. The summed E-state index contributed by atoms with van der Waals surface area (Å²) in [6.07, 6.45) is 0.993. The Labute approximate surface area is 256 Å². The van der Waals surface area contributed by atoms with E-state index in [-0.39, 0.29) is 10.7 Å². The Kier molecular flexibility index (Phi) is 7.69. The van der Waals surface area contributed by atoms with Crippen LogP contribution < -0.4 is 5.32 Å². The third-order valence-electron chi connectivity index (χ3n) is 7.51. The fourth-order valence-electron chi connectivity index (χ4n) is 5.32. The fraction of sp³-hybridized carbons (Fsp3) is 0.200. The Morgan fingerprint density at radius 1 is 1.05 bits per heavy atom. The molecule has 4 heterocycles. The van der Waals surface area contributed by atoms with E-state index in [9.17, 15) is 22.8 Å². The summed E-state index contributed by atoms with van der Waals surface area (Å²) in [7, 11) is -4.37. The number of carbonyl (C=O) groups excluding carboxylic acids is 3. The summed E-state index contributed by atoms with van der Waals surface area (Å²) in [4.78, 5) is 45.4. The summed E-state index contributed by atoms with van der Waals surface area (Å²) in [5, 5.41) is 8.37. The second-order valence-corrected chi connectivity index (χ2v) is 13.6. The Balaban J connectivity index is 1.37. The molecule has 14 heteroatoms. The third-order valence-corrected chi connectivity index (χ3v) is 10.8. The molecule has 44 heavy (non-hydrogen) atoms. The number of fused-ring (bicyclic) bond motifs is 1. The van der Waals surface area contributed by atoms with Crippen molar-refractivity contribution in [2.24, 2.45) is 0 Å². The molecule has 4 aromatic rings. The van der Waals surface area contributed by atoms with E-state index in [0.29, 0.717) is 16.8 Å². The molecule has 0 spiro atoms. The minimum atomic E-state index is -4.37. The minimum Gasteiger partial charge on any atom is -0.451 e. The number of nitrogens with zero attached hydrogens (tertiary/aromatic N) is 4. The third kappa shape index (κ3) is 5.11. The largest absolute Gasteiger partial charge is 0.451 e. The highest BCUT2D eigenvalue weighted by atomic mass is 32.2. The van der Waals surface area contributed by atoms with Crippen LogP contribution in [0.1, 0.15) is 29.8 Å². The van der Waals surface area contributed by atoms with Gasteiger partial charge in [-0.05, 0) is 36.3 Å². The molecular weight excluding hydrogens is 606 g/mol. The van der Waals surface area contributed by atoms with Crippen LogP contribution in [0.25, 0.3) is 6.08 Å². The Bertz CT molecular complexity index is 1780. The Hall–Kier alpha value is -4.95. The van der Waals surface area contributed by atoms with Crippen molar-refractivity contribution in [3.8, 4) is 0 Å². The second kappa shape index (κ2) is 11.6. The zero-order chi connectivity index (χ0) is 30.9. The van der Waals surface area contributed by atoms with Gasteiger partial charge in [0.25, 0.3) is 5.91 Å². The minimum absolute atomic E-state index is 0.0498. The van der Waals surface area contributed by atoms with E-state index in [2.05, 4.69) is 20.5 Å². The van der Waals surface area contributed by atoms with Crippen molar-refractivity contribution in [2.75, 3.05) is 11.9 Å². The van der Waals surface area contributed by atoms with Crippen LogP contribution in [0.15, 0.2) is 96.1 Å². The molecule has 2 fully saturated rings. The lowest BCUT2D eigenvalue weighted by molar-refractivity contribution is -0.161. The van der Waals surface area contributed by atoms with Crippen LogP contribution in [0.5, 0.6) is 0 Å². The van der Waals surface area contributed by atoms with Crippen molar-refractivity contribution in [1.82, 2.24) is 20.1 Å². The molecule has 2 aromatic carbocycles. The van der Waals surface area contributed by atoms with E-state index in [1.807, 2.05) is 12.1 Å². The van der Waals surface area contributed by atoms with Crippen molar-refractivity contribution >= 4 is 50.4 Å². The number of pyridine rings is 1. The maximum absolute atomic E-state index is 14.2. The zero-order valence-electron chi connectivity index (χ0n) is 23.1. The highest BCUT2D eigenvalue weighted by molar-refractivity contribution is 7.94. The van der Waals surface area contributed by atoms with Gasteiger partial charge in [0, 0.05) is 6.20 Å². The van der Waals surface area contributed by atoms with E-state index in [4.69, 9.17) is 9.47 Å². The average molecular weight is 632 g/mol. The second-order valence-electron chi connectivity index (χ2n) is 10.3. The summed E-state index contributed by atoms with van der Waals surface area (Å²) < 4.78 is 37.7. The van der Waals surface area contributed by atoms with Crippen LogP contribution >= 0.6 is 11.3 Å². The molecule has 0 saturated carbocycles. The van der Waals surface area contributed by atoms with Gasteiger partial charge in [0.2, 0.25) is 5.13 Å². The lowest BCUT2D eigenvalue weighted by Crippen LogP contribution is -2.60. The van der Waals surface area contributed by atoms with Crippen molar-refractivity contribution < 1.29 is 32.3 Å². The molecule has 1 N–H and O–H groups in total. The van der Waals surface area contributed by atoms with Crippen LogP contribution in [0.2, 0.25) is 0 Å². The first-order chi connectivity index (χ1) is 21.2. The Morgan fingerprint density at radius 3 is 2.30 bits per heavy atom. The van der Waals surface area contributed by atoms with Crippen LogP contribution in [0, 0.1) is 0 Å². The summed E-state index contributed by atoms with van der Waals surface area (Å²) in [6.45, 7) is 0.523. The zero-order valence-corrected chi connectivity index (χ0v) is 24.8. The molecule has 2 aromatic heterocycles. The number of carbonyl (C=O) groups is 3. The van der Waals surface area contributed by atoms with Crippen molar-refractivity contribution in [3.63, 3.8) is 0 Å². The molecule has 0 aliphatic carbocycles. The highest BCUT2D eigenvalue weighted by Gasteiger charge is 2.73. The van der Waals surface area contributed by atoms with Crippen molar-refractivity contribution in [2.45, 2.75) is 29.2 Å². The van der Waals surface area contributed by atoms with Crippen LogP contribution in [-0.2, 0) is 28.9 Å². The first kappa shape index (κ1) is 29.1. The van der Waals surface area contributed by atoms with Gasteiger partial charge in [0.05, 0.1) is 11.3 Å². The molecule has 2 aliphatic heterocycles. The first-order valence-electron chi connectivity index (χ1n) is 13.4. The maximum Gasteiger partial charge on any atom is 0.413 e. The summed E-state index contributed by atoms with van der Waals surface area (Å²) in [6, 6.07) is 21.3. The normalized spacial score (nSPS) is 22.7. The number of aromatic nitrogens is 3. The van der Waals surface area contributed by atoms with Crippen LogP contribution in [0.4, 0.5) is 9.93 Å². The number of anilines is 1. The van der Waals surface area contributed by atoms with Gasteiger partial charge in [0.1, 0.15) is 16.9 Å². The molecule has 0 radical (unpaired) electrons. The maximum atomic E-state index is 14.2. The number of hydrogen-bond donors (Lipinski definition) is 1. The first-order valence-corrected chi connectivity index (χ1v) is 15.8. The lowest BCUT2D eigenvalue weighted by Gasteiger charge is -2.39. The standard InChI is InChI=1S/C30H25N5O7S2/c1-30(17-41-29(38)33-28-34-32-18-43-28)24(27(37)42-23(19-10-4-2-5-11-19)20-12-6-3-7-13-20)35-25(36)22(26(35)44(30,39)40)16-21-14-8-9-15-31-21/h2-16,18,23-24,26H,17H2,1H3,(H,33,34,38)/b22-16-/t24-,26?,30?/m0/s1. The number of esters is 1. The van der Waals surface area contributed by atoms with E-state index >= 15 is 0 Å². The summed E-state index contributed by atoms with van der Waals surface area (Å²) >= 11 is 1.04. The van der Waals surface area contributed by atoms with Gasteiger partial charge in [-0.2, -0.15) is 0 Å². The molecule has 224 valence electrons. The molecular formula is C30H25N5O7S2. The predicted molar refractivity (Wildman–Crippen MR) is 160 cm³/mol. The van der Waals surface area contributed by atoms with E-state index in [0.717, 1.165) is 16.2 Å². The average Bonchev–Trinajstić information content (AvgIpc) is 3.60.